The molecule has 0 fully saturated rings. The third-order valence-electron chi connectivity index (χ3n) is 5.37. The van der Waals surface area contributed by atoms with Gasteiger partial charge in [0.2, 0.25) is 11.2 Å². The normalized spacial score (nSPS) is 11.3. The van der Waals surface area contributed by atoms with Crippen LogP contribution >= 0.6 is 0 Å². The fourth-order valence-corrected chi connectivity index (χ4v) is 3.40. The molecule has 174 valence electrons. The molecule has 0 bridgehead atoms. The number of carbonyl (C=O) groups excluding carboxylic acids is 1. The monoisotopic (exact) mass is 457 g/mol. The van der Waals surface area contributed by atoms with Gasteiger partial charge in [-0.1, -0.05) is 63.2 Å². The first kappa shape index (κ1) is 23.1. The Balaban J connectivity index is 1.40. The Morgan fingerprint density at radius 1 is 0.941 bits per heavy atom. The van der Waals surface area contributed by atoms with Crippen LogP contribution in [0.2, 0.25) is 0 Å². The van der Waals surface area contributed by atoms with Crippen LogP contribution in [0.25, 0.3) is 11.0 Å². The molecule has 34 heavy (non-hydrogen) atoms. The van der Waals surface area contributed by atoms with Crippen molar-refractivity contribution in [2.45, 2.75) is 32.7 Å². The van der Waals surface area contributed by atoms with Gasteiger partial charge in [-0.3, -0.25) is 9.59 Å². The number of ether oxygens (including phenoxy) is 2. The Morgan fingerprint density at radius 2 is 1.65 bits per heavy atom. The standard InChI is InChI=1S/C28H27NO5/c1-28(2,3)20-9-11-21(12-10-20)34-25-17-33-24-15-22(13-14-23(24)27(25)31)32-18-26(30)29-16-19-7-5-4-6-8-19/h4-15,17H,16,18H2,1-3H3,(H,29,30). The topological polar surface area (TPSA) is 77.8 Å². The molecular weight excluding hydrogens is 430 g/mol. The molecule has 1 N–H and O–H groups in total. The van der Waals surface area contributed by atoms with Crippen LogP contribution in [0.5, 0.6) is 17.2 Å². The van der Waals surface area contributed by atoms with Crippen LogP contribution in [-0.4, -0.2) is 12.5 Å². The first-order valence-electron chi connectivity index (χ1n) is 11.1. The Morgan fingerprint density at radius 3 is 2.35 bits per heavy atom. The van der Waals surface area contributed by atoms with E-state index in [2.05, 4.69) is 26.1 Å². The van der Waals surface area contributed by atoms with E-state index < -0.39 is 0 Å². The quantitative estimate of drug-likeness (QED) is 0.392. The van der Waals surface area contributed by atoms with Crippen molar-refractivity contribution in [3.05, 3.63) is 100 Å². The van der Waals surface area contributed by atoms with Crippen LogP contribution in [0, 0.1) is 0 Å². The summed E-state index contributed by atoms with van der Waals surface area (Å²) in [6, 6.07) is 22.1. The lowest BCUT2D eigenvalue weighted by Crippen LogP contribution is -2.28. The summed E-state index contributed by atoms with van der Waals surface area (Å²) in [6.45, 7) is 6.69. The first-order chi connectivity index (χ1) is 16.3. The summed E-state index contributed by atoms with van der Waals surface area (Å²) >= 11 is 0. The van der Waals surface area contributed by atoms with Crippen molar-refractivity contribution in [2.75, 3.05) is 6.61 Å². The van der Waals surface area contributed by atoms with Crippen LogP contribution in [0.15, 0.2) is 88.3 Å². The Kier molecular flexibility index (Phi) is 6.68. The lowest BCUT2D eigenvalue weighted by atomic mass is 9.87. The Hall–Kier alpha value is -4.06. The molecule has 1 aromatic heterocycles. The molecule has 4 rings (SSSR count). The van der Waals surface area contributed by atoms with E-state index in [1.165, 1.54) is 11.8 Å². The summed E-state index contributed by atoms with van der Waals surface area (Å²) in [5, 5.41) is 3.17. The summed E-state index contributed by atoms with van der Waals surface area (Å²) in [5.41, 5.74) is 2.28. The van der Waals surface area contributed by atoms with E-state index in [1.54, 1.807) is 18.2 Å². The third-order valence-corrected chi connectivity index (χ3v) is 5.37. The zero-order valence-electron chi connectivity index (χ0n) is 19.5. The number of amides is 1. The molecule has 1 amide bonds. The molecule has 0 saturated heterocycles. The second kappa shape index (κ2) is 9.83. The van der Waals surface area contributed by atoms with Crippen molar-refractivity contribution in [2.24, 2.45) is 0 Å². The van der Waals surface area contributed by atoms with Crippen molar-refractivity contribution >= 4 is 16.9 Å². The van der Waals surface area contributed by atoms with Crippen molar-refractivity contribution in [1.82, 2.24) is 5.32 Å². The zero-order chi connectivity index (χ0) is 24.1. The number of fused-ring (bicyclic) bond motifs is 1. The molecule has 0 spiro atoms. The van der Waals surface area contributed by atoms with E-state index in [0.717, 1.165) is 5.56 Å². The molecular formula is C28H27NO5. The molecule has 6 heteroatoms. The van der Waals surface area contributed by atoms with Gasteiger partial charge in [0, 0.05) is 12.6 Å². The van der Waals surface area contributed by atoms with Crippen molar-refractivity contribution in [3.63, 3.8) is 0 Å². The van der Waals surface area contributed by atoms with Gasteiger partial charge < -0.3 is 19.2 Å². The van der Waals surface area contributed by atoms with Crippen molar-refractivity contribution in [3.8, 4) is 17.2 Å². The number of rotatable bonds is 7. The molecule has 0 radical (unpaired) electrons. The number of hydrogen-bond donors (Lipinski definition) is 1. The average molecular weight is 458 g/mol. The summed E-state index contributed by atoms with van der Waals surface area (Å²) < 4.78 is 17.0. The molecule has 3 aromatic carbocycles. The number of carbonyl (C=O) groups is 1. The fraction of sp³-hybridized carbons (Fsp3) is 0.214. The highest BCUT2D eigenvalue weighted by molar-refractivity contribution is 5.80. The Bertz CT molecular complexity index is 1340. The molecule has 0 aliphatic carbocycles. The maximum atomic E-state index is 12.9. The van der Waals surface area contributed by atoms with E-state index in [1.807, 2.05) is 54.6 Å². The van der Waals surface area contributed by atoms with Gasteiger partial charge in [0.15, 0.2) is 6.61 Å². The highest BCUT2D eigenvalue weighted by atomic mass is 16.5. The minimum atomic E-state index is -0.284. The predicted molar refractivity (Wildman–Crippen MR) is 131 cm³/mol. The van der Waals surface area contributed by atoms with E-state index in [0.29, 0.717) is 29.0 Å². The summed E-state index contributed by atoms with van der Waals surface area (Å²) in [7, 11) is 0. The van der Waals surface area contributed by atoms with Gasteiger partial charge in [0.25, 0.3) is 5.91 Å². The lowest BCUT2D eigenvalue weighted by Gasteiger charge is -2.19. The smallest absolute Gasteiger partial charge is 0.258 e. The zero-order valence-corrected chi connectivity index (χ0v) is 19.5. The van der Waals surface area contributed by atoms with Crippen LogP contribution < -0.4 is 20.2 Å². The molecule has 0 unspecified atom stereocenters. The van der Waals surface area contributed by atoms with E-state index in [-0.39, 0.29) is 29.1 Å². The highest BCUT2D eigenvalue weighted by Crippen LogP contribution is 2.27. The maximum absolute atomic E-state index is 12.9. The minimum Gasteiger partial charge on any atom is -0.484 e. The summed E-state index contributed by atoms with van der Waals surface area (Å²) in [6.07, 6.45) is 1.29. The van der Waals surface area contributed by atoms with Gasteiger partial charge in [0.05, 0.1) is 5.39 Å². The maximum Gasteiger partial charge on any atom is 0.258 e. The second-order valence-electron chi connectivity index (χ2n) is 9.01. The lowest BCUT2D eigenvalue weighted by molar-refractivity contribution is -0.123. The predicted octanol–water partition coefficient (Wildman–Crippen LogP) is 5.58. The van der Waals surface area contributed by atoms with Gasteiger partial charge in [-0.15, -0.1) is 0 Å². The minimum absolute atomic E-state index is 0.0306. The van der Waals surface area contributed by atoms with E-state index >= 15 is 0 Å². The molecule has 6 nitrogen and oxygen atoms in total. The third kappa shape index (κ3) is 5.64. The number of benzene rings is 3. The SMILES string of the molecule is CC(C)(C)c1ccc(Oc2coc3cc(OCC(=O)NCc4ccccc4)ccc3c2=O)cc1. The van der Waals surface area contributed by atoms with Gasteiger partial charge in [-0.05, 0) is 40.8 Å². The molecule has 4 aromatic rings. The largest absolute Gasteiger partial charge is 0.484 e. The molecule has 0 aliphatic heterocycles. The molecule has 0 atom stereocenters. The van der Waals surface area contributed by atoms with Crippen molar-refractivity contribution < 1.29 is 18.7 Å². The molecule has 0 aliphatic rings. The van der Waals surface area contributed by atoms with Gasteiger partial charge in [-0.2, -0.15) is 0 Å². The first-order valence-corrected chi connectivity index (χ1v) is 11.1. The van der Waals surface area contributed by atoms with Gasteiger partial charge in [-0.25, -0.2) is 0 Å². The summed E-state index contributed by atoms with van der Waals surface area (Å²) in [4.78, 5) is 24.9. The molecule has 1 heterocycles. The molecule has 0 saturated carbocycles. The van der Waals surface area contributed by atoms with Gasteiger partial charge >= 0.3 is 0 Å². The highest BCUT2D eigenvalue weighted by Gasteiger charge is 2.14. The Labute approximate surface area is 198 Å². The number of nitrogens with one attached hydrogen (secondary N) is 1. The van der Waals surface area contributed by atoms with Crippen LogP contribution in [0.4, 0.5) is 0 Å². The number of hydrogen-bond acceptors (Lipinski definition) is 5. The van der Waals surface area contributed by atoms with Crippen LogP contribution in [0.3, 0.4) is 0 Å². The van der Waals surface area contributed by atoms with Crippen molar-refractivity contribution in [1.29, 1.82) is 0 Å². The van der Waals surface area contributed by atoms with E-state index in [9.17, 15) is 9.59 Å². The van der Waals surface area contributed by atoms with Gasteiger partial charge in [0.1, 0.15) is 23.3 Å². The average Bonchev–Trinajstić information content (AvgIpc) is 2.83. The fourth-order valence-electron chi connectivity index (χ4n) is 3.40. The second-order valence-corrected chi connectivity index (χ2v) is 9.01. The van der Waals surface area contributed by atoms with Crippen LogP contribution in [0.1, 0.15) is 31.9 Å². The van der Waals surface area contributed by atoms with Crippen LogP contribution in [-0.2, 0) is 16.8 Å². The van der Waals surface area contributed by atoms with E-state index in [4.69, 9.17) is 13.9 Å². The summed E-state index contributed by atoms with van der Waals surface area (Å²) in [5.74, 6) is 0.842.